The molecule has 2 atom stereocenters. The van der Waals surface area contributed by atoms with Crippen molar-refractivity contribution in [2.75, 3.05) is 0 Å². The molecule has 5 aromatic heterocycles. The lowest BCUT2D eigenvalue weighted by Gasteiger charge is -2.22. The lowest BCUT2D eigenvalue weighted by molar-refractivity contribution is -0.660. The summed E-state index contributed by atoms with van der Waals surface area (Å²) in [6, 6.07) is 101. The average molecular weight is 1580 g/mol. The number of benzene rings is 10. The molecule has 0 amide bonds. The summed E-state index contributed by atoms with van der Waals surface area (Å²) in [5.41, 5.74) is 31.9. The van der Waals surface area contributed by atoms with Gasteiger partial charge in [0.25, 0.3) is 0 Å². The van der Waals surface area contributed by atoms with Crippen LogP contribution in [0, 0.1) is 47.4 Å². The second kappa shape index (κ2) is 40.4. The molecule has 0 saturated heterocycles. The van der Waals surface area contributed by atoms with Crippen LogP contribution in [0.15, 0.2) is 334 Å². The minimum atomic E-state index is -2.37. The van der Waals surface area contributed by atoms with E-state index in [9.17, 15) is 0 Å². The molecule has 119 heavy (non-hydrogen) atoms. The molecule has 0 radical (unpaired) electrons. The van der Waals surface area contributed by atoms with E-state index in [0.717, 1.165) is 84.0 Å². The van der Waals surface area contributed by atoms with Crippen LogP contribution in [0.4, 0.5) is 0 Å². The molecule has 5 nitrogen and oxygen atoms in total. The van der Waals surface area contributed by atoms with Crippen LogP contribution in [0.5, 0.6) is 0 Å². The topological polar surface area (TPSA) is 19.4 Å². The third-order valence-corrected chi connectivity index (χ3v) is 22.3. The summed E-state index contributed by atoms with van der Waals surface area (Å²) in [7, 11) is 10.2. The first-order valence-corrected chi connectivity index (χ1v) is 41.3. The smallest absolute Gasteiger partial charge is 0.201 e. The highest BCUT2D eigenvalue weighted by atomic mass is 14.9. The normalized spacial score (nSPS) is 18.3. The molecule has 2 fully saturated rings. The number of hydrogen-bond donors (Lipinski definition) is 0. The quantitative estimate of drug-likeness (QED) is 0.0912. The Kier molecular flexibility index (Phi) is 21.7. The Bertz CT molecular complexity index is 6770. The van der Waals surface area contributed by atoms with E-state index in [-0.39, 0.29) is 32.1 Å². The maximum Gasteiger partial charge on any atom is 0.213 e. The SMILES string of the molecule is Cc1cccc(-c2cc[n+](C)c(-c3ccccc3C)c2)c1.[2H]C([2H])([2H])C([2H])(C)Cc1ccc(-c2cc[n+](C)c(-c3ccccc3C)c2)cc1.[2H]C([2H])([2H])C([2H])(C)c1ccc(-c2cc[n+](C)c(-c3ccccc3C)c2)cc1.[2H]C1([2H])CCC([2H])([2H])C1([2H])c1ccc(-c2cc[n+](C)c(-c3ccccc3C)c2)cc1.[2H]C1([2H])CCCC([2H])([2H])C1([2H])c1ccc(-c2cc[n+](C)c(-c3ccccc3C)c2)cc1. The van der Waals surface area contributed by atoms with Crippen molar-refractivity contribution in [1.82, 2.24) is 0 Å². The monoisotopic (exact) mass is 1580 g/mol. The van der Waals surface area contributed by atoms with Gasteiger partial charge in [-0.25, -0.2) is 22.8 Å². The Morgan fingerprint density at radius 1 is 0.303 bits per heavy atom. The molecular formula is C114H124N5+5. The van der Waals surface area contributed by atoms with Crippen molar-refractivity contribution < 1.29 is 47.5 Å². The summed E-state index contributed by atoms with van der Waals surface area (Å²) < 4.78 is 157. The van der Waals surface area contributed by atoms with Crippen molar-refractivity contribution in [3.8, 4) is 112 Å². The molecule has 17 rings (SSSR count). The van der Waals surface area contributed by atoms with E-state index >= 15 is 0 Å². The minimum absolute atomic E-state index is 0.0558. The Labute approximate surface area is 737 Å². The largest absolute Gasteiger partial charge is 0.213 e. The molecule has 0 spiro atoms. The summed E-state index contributed by atoms with van der Waals surface area (Å²) in [6.45, 7) is 10.9. The summed E-state index contributed by atoms with van der Waals surface area (Å²) in [5, 5.41) is 0. The van der Waals surface area contributed by atoms with Gasteiger partial charge in [-0.2, -0.15) is 0 Å². The van der Waals surface area contributed by atoms with E-state index in [4.69, 9.17) is 24.7 Å². The number of rotatable bonds is 15. The first-order chi connectivity index (χ1) is 64.5. The Morgan fingerprint density at radius 3 is 0.874 bits per heavy atom. The van der Waals surface area contributed by atoms with Crippen LogP contribution in [-0.4, -0.2) is 0 Å². The van der Waals surface area contributed by atoms with Crippen LogP contribution in [0.3, 0.4) is 0 Å². The van der Waals surface area contributed by atoms with E-state index in [0.29, 0.717) is 23.1 Å². The number of aromatic nitrogens is 5. The molecule has 2 unspecified atom stereocenters. The van der Waals surface area contributed by atoms with Gasteiger partial charge in [0.05, 0.1) is 0 Å². The highest BCUT2D eigenvalue weighted by Crippen LogP contribution is 2.38. The van der Waals surface area contributed by atoms with Crippen LogP contribution < -0.4 is 22.8 Å². The Hall–Kier alpha value is -12.1. The third kappa shape index (κ3) is 21.8. The van der Waals surface area contributed by atoms with Crippen molar-refractivity contribution in [3.63, 3.8) is 0 Å². The second-order valence-electron chi connectivity index (χ2n) is 31.3. The first-order valence-electron chi connectivity index (χ1n) is 50.3. The molecule has 5 heteroatoms. The summed E-state index contributed by atoms with van der Waals surface area (Å²) in [6.07, 6.45) is 3.78. The highest BCUT2D eigenvalue weighted by Gasteiger charge is 2.23. The lowest BCUT2D eigenvalue weighted by Crippen LogP contribution is -2.30. The molecular weight excluding hydrogens is 1440 g/mol. The van der Waals surface area contributed by atoms with E-state index in [1.807, 2.05) is 174 Å². The van der Waals surface area contributed by atoms with E-state index in [2.05, 4.69) is 223 Å². The zero-order chi connectivity index (χ0) is 99.3. The van der Waals surface area contributed by atoms with Gasteiger partial charge in [0.1, 0.15) is 35.2 Å². The van der Waals surface area contributed by atoms with E-state index in [1.54, 1.807) is 36.4 Å². The molecule has 2 saturated carbocycles. The predicted octanol–water partition coefficient (Wildman–Crippen LogP) is 27.1. The van der Waals surface area contributed by atoms with Gasteiger partial charge in [0.15, 0.2) is 31.0 Å². The maximum atomic E-state index is 8.89. The molecule has 2 aliphatic rings. The zero-order valence-electron chi connectivity index (χ0n) is 89.2. The molecule has 0 aliphatic heterocycles. The fourth-order valence-corrected chi connectivity index (χ4v) is 15.3. The van der Waals surface area contributed by atoms with Gasteiger partial charge in [0.2, 0.25) is 28.5 Å². The van der Waals surface area contributed by atoms with Gasteiger partial charge < -0.3 is 0 Å². The minimum Gasteiger partial charge on any atom is -0.201 e. The second-order valence-corrected chi connectivity index (χ2v) is 31.3. The predicted molar refractivity (Wildman–Crippen MR) is 501 cm³/mol. The molecule has 15 aromatic rings. The van der Waals surface area contributed by atoms with Crippen molar-refractivity contribution >= 4 is 0 Å². The third-order valence-electron chi connectivity index (χ3n) is 22.3. The molecule has 2 aliphatic carbocycles. The van der Waals surface area contributed by atoms with Gasteiger partial charge in [-0.05, 0) is 233 Å². The number of nitrogens with zero attached hydrogens (tertiary/aromatic N) is 5. The average Bonchev–Trinajstić information content (AvgIpc) is 1.66. The van der Waals surface area contributed by atoms with Crippen molar-refractivity contribution in [2.45, 2.75) is 151 Å². The molecule has 600 valence electrons. The molecule has 0 bridgehead atoms. The van der Waals surface area contributed by atoms with Gasteiger partial charge in [-0.15, -0.1) is 0 Å². The summed E-state index contributed by atoms with van der Waals surface area (Å²) in [5.74, 6) is -6.95. The van der Waals surface area contributed by atoms with Gasteiger partial charge in [-0.3, -0.25) is 0 Å². The van der Waals surface area contributed by atoms with Crippen LogP contribution in [-0.2, 0) is 41.7 Å². The van der Waals surface area contributed by atoms with Crippen molar-refractivity contribution in [1.29, 1.82) is 0 Å². The Morgan fingerprint density at radius 2 is 0.580 bits per heavy atom. The highest BCUT2D eigenvalue weighted by molar-refractivity contribution is 5.76. The fourth-order valence-electron chi connectivity index (χ4n) is 15.3. The number of hydrogen-bond acceptors (Lipinski definition) is 0. The zero-order valence-corrected chi connectivity index (χ0v) is 71.2. The number of aryl methyl sites for hydroxylation is 11. The number of pyridine rings is 5. The standard InChI is InChI=1S/C25H28N.C24H26N.C23H26N.C22H24N.C20H20N/c1-19-8-6-7-11-24(19)25-18-23(16-17-26(25)2)22-14-12-21(13-15-22)20-9-4-3-5-10-20;1-18-7-3-6-10-23(18)24-17-22(15-16-25(24)2)21-13-11-20(12-14-21)19-8-4-5-9-19;1-17(2)15-19-9-11-20(12-10-19)21-13-14-24(4)23(16-21)22-8-6-5-7-18(22)3;1-16(2)18-9-11-19(12-10-18)20-13-14-23(4)22(15-20)21-8-6-5-7-17(21)3;1-15-7-6-9-17(13-15)18-11-12-21(3)20(14-18)19-10-5-4-8-16(19)2/h6-8,11-18,20H,3-5,9-10H2,1-2H3;3,6-7,10-17,19H,4-5,8-9H2,1-2H3;5-14,16-17H,15H2,1-4H3;5-16H,1-4H3;4-14H,1-3H3/q5*+1/i9D2,10D2,20D;8D2,9D2,19D;1D3,17D;1D3,16D;. The summed E-state index contributed by atoms with van der Waals surface area (Å²) >= 11 is 0. The van der Waals surface area contributed by atoms with Gasteiger partial charge in [0, 0.05) is 113 Å². The molecule has 10 aromatic carbocycles. The molecule has 0 N–H and O–H groups in total. The lowest BCUT2D eigenvalue weighted by atomic mass is 9.84. The van der Waals surface area contributed by atoms with Crippen LogP contribution in [0.1, 0.15) is 183 Å². The van der Waals surface area contributed by atoms with Gasteiger partial charge >= 0.3 is 0 Å². The van der Waals surface area contributed by atoms with E-state index in [1.165, 1.54) is 80.7 Å². The van der Waals surface area contributed by atoms with E-state index < -0.39 is 62.8 Å². The fraction of sp³-hybridized carbons (Fsp3) is 0.254. The van der Waals surface area contributed by atoms with Crippen LogP contribution >= 0.6 is 0 Å². The van der Waals surface area contributed by atoms with Crippen molar-refractivity contribution in [3.05, 3.63) is 390 Å². The van der Waals surface area contributed by atoms with Crippen molar-refractivity contribution in [2.24, 2.45) is 41.1 Å². The first kappa shape index (κ1) is 64.0. The summed E-state index contributed by atoms with van der Waals surface area (Å²) in [4.78, 5) is 0. The van der Waals surface area contributed by atoms with Crippen LogP contribution in [0.25, 0.3) is 112 Å². The Balaban J connectivity index is 0.000000145. The van der Waals surface area contributed by atoms with Crippen LogP contribution in [0.2, 0.25) is 0 Å². The molecule has 5 heterocycles. The maximum absolute atomic E-state index is 8.89. The van der Waals surface area contributed by atoms with Gasteiger partial charge in [-0.1, -0.05) is 278 Å².